The molecule has 0 radical (unpaired) electrons. The lowest BCUT2D eigenvalue weighted by molar-refractivity contribution is -0.107. The summed E-state index contributed by atoms with van der Waals surface area (Å²) in [5.41, 5.74) is 1.85. The maximum Gasteiger partial charge on any atom is 0.214 e. The van der Waals surface area contributed by atoms with Gasteiger partial charge in [-0.25, -0.2) is 0 Å². The van der Waals surface area contributed by atoms with Crippen molar-refractivity contribution in [2.45, 2.75) is 58.1 Å². The molecule has 1 N–H and O–H groups in total. The molecule has 1 atom stereocenters. The van der Waals surface area contributed by atoms with E-state index in [1.54, 1.807) is 4.90 Å². The zero-order valence-electron chi connectivity index (χ0n) is 12.5. The summed E-state index contributed by atoms with van der Waals surface area (Å²) in [6.07, 6.45) is 6.48. The van der Waals surface area contributed by atoms with Gasteiger partial charge >= 0.3 is 0 Å². The molecule has 0 aliphatic heterocycles. The van der Waals surface area contributed by atoms with E-state index in [0.717, 1.165) is 30.5 Å². The van der Waals surface area contributed by atoms with E-state index in [2.05, 4.69) is 0 Å². The van der Waals surface area contributed by atoms with E-state index in [1.165, 1.54) is 19.3 Å². The van der Waals surface area contributed by atoms with Crippen LogP contribution in [0.25, 0.3) is 0 Å². The fourth-order valence-electron chi connectivity index (χ4n) is 3.05. The van der Waals surface area contributed by atoms with Gasteiger partial charge in [0.05, 0.1) is 6.10 Å². The highest BCUT2D eigenvalue weighted by Crippen LogP contribution is 2.34. The summed E-state index contributed by atoms with van der Waals surface area (Å²) in [6, 6.07) is 7.90. The number of rotatable bonds is 5. The third-order valence-electron chi connectivity index (χ3n) is 4.30. The molecule has 1 aromatic rings. The molecular formula is C17H25NO2. The van der Waals surface area contributed by atoms with Crippen LogP contribution in [-0.2, 0) is 4.79 Å². The predicted octanol–water partition coefficient (Wildman–Crippen LogP) is 3.67. The second-order valence-corrected chi connectivity index (χ2v) is 6.04. The minimum atomic E-state index is -0.368. The molecule has 3 heteroatoms. The maximum atomic E-state index is 11.1. The highest BCUT2D eigenvalue weighted by Gasteiger charge is 2.23. The van der Waals surface area contributed by atoms with Crippen molar-refractivity contribution in [1.82, 2.24) is 0 Å². The molecule has 0 aromatic heterocycles. The zero-order valence-corrected chi connectivity index (χ0v) is 12.5. The van der Waals surface area contributed by atoms with Crippen LogP contribution in [0.3, 0.4) is 0 Å². The summed E-state index contributed by atoms with van der Waals surface area (Å²) in [4.78, 5) is 12.8. The number of anilines is 1. The van der Waals surface area contributed by atoms with E-state index in [-0.39, 0.29) is 12.1 Å². The summed E-state index contributed by atoms with van der Waals surface area (Å²) in [5.74, 6) is 0.391. The molecule has 0 bridgehead atoms. The lowest BCUT2D eigenvalue weighted by Gasteiger charge is -2.27. The second-order valence-electron chi connectivity index (χ2n) is 6.04. The summed E-state index contributed by atoms with van der Waals surface area (Å²) < 4.78 is 0. The topological polar surface area (TPSA) is 40.5 Å². The molecule has 1 amide bonds. The first-order valence-electron chi connectivity index (χ1n) is 7.65. The molecule has 1 aromatic carbocycles. The number of carbonyl (C=O) groups excluding carboxylic acids is 1. The summed E-state index contributed by atoms with van der Waals surface area (Å²) >= 11 is 0. The molecule has 20 heavy (non-hydrogen) atoms. The van der Waals surface area contributed by atoms with Crippen LogP contribution in [0.4, 0.5) is 5.69 Å². The van der Waals surface area contributed by atoms with Crippen molar-refractivity contribution in [2.24, 2.45) is 5.92 Å². The van der Waals surface area contributed by atoms with Gasteiger partial charge in [0.1, 0.15) is 0 Å². The van der Waals surface area contributed by atoms with Crippen molar-refractivity contribution in [1.29, 1.82) is 0 Å². The molecule has 1 unspecified atom stereocenters. The normalized spacial score (nSPS) is 18.0. The van der Waals surface area contributed by atoms with Crippen LogP contribution in [0.15, 0.2) is 24.3 Å². The quantitative estimate of drug-likeness (QED) is 0.833. The Morgan fingerprint density at radius 3 is 2.25 bits per heavy atom. The molecule has 3 nitrogen and oxygen atoms in total. The number of amides is 1. The van der Waals surface area contributed by atoms with Crippen LogP contribution >= 0.6 is 0 Å². The number of aliphatic hydroxyl groups is 1. The molecule has 0 heterocycles. The first-order chi connectivity index (χ1) is 9.63. The van der Waals surface area contributed by atoms with Crippen LogP contribution < -0.4 is 4.90 Å². The van der Waals surface area contributed by atoms with E-state index < -0.39 is 0 Å². The Hall–Kier alpha value is -1.35. The third-order valence-corrected chi connectivity index (χ3v) is 4.30. The fourth-order valence-corrected chi connectivity index (χ4v) is 3.05. The summed E-state index contributed by atoms with van der Waals surface area (Å²) in [6.45, 7) is 3.97. The maximum absolute atomic E-state index is 11.1. The molecule has 0 saturated heterocycles. The fraction of sp³-hybridized carbons (Fsp3) is 0.588. The Morgan fingerprint density at radius 1 is 1.15 bits per heavy atom. The standard InChI is InChI=1S/C17H25NO2/c1-13(2)18(12-19)16-10-8-15(9-11-16)17(20)14-6-4-3-5-7-14/h8-14,17,20H,3-7H2,1-2H3. The van der Waals surface area contributed by atoms with E-state index in [9.17, 15) is 9.90 Å². The second kappa shape index (κ2) is 6.89. The van der Waals surface area contributed by atoms with Gasteiger partial charge in [-0.2, -0.15) is 0 Å². The predicted molar refractivity (Wildman–Crippen MR) is 81.7 cm³/mol. The van der Waals surface area contributed by atoms with Gasteiger partial charge in [0.25, 0.3) is 0 Å². The summed E-state index contributed by atoms with van der Waals surface area (Å²) in [7, 11) is 0. The van der Waals surface area contributed by atoms with E-state index in [1.807, 2.05) is 38.1 Å². The smallest absolute Gasteiger partial charge is 0.214 e. The van der Waals surface area contributed by atoms with Gasteiger partial charge in [-0.3, -0.25) is 4.79 Å². The molecule has 1 saturated carbocycles. The number of benzene rings is 1. The van der Waals surface area contributed by atoms with Crippen LogP contribution in [0.5, 0.6) is 0 Å². The number of carbonyl (C=O) groups is 1. The molecule has 0 spiro atoms. The zero-order chi connectivity index (χ0) is 14.5. The molecule has 2 rings (SSSR count). The van der Waals surface area contributed by atoms with Gasteiger partial charge in [-0.1, -0.05) is 31.4 Å². The number of aliphatic hydroxyl groups excluding tert-OH is 1. The minimum Gasteiger partial charge on any atom is -0.388 e. The average molecular weight is 275 g/mol. The molecular weight excluding hydrogens is 250 g/mol. The monoisotopic (exact) mass is 275 g/mol. The largest absolute Gasteiger partial charge is 0.388 e. The van der Waals surface area contributed by atoms with Gasteiger partial charge in [-0.05, 0) is 50.3 Å². The van der Waals surface area contributed by atoms with Gasteiger partial charge < -0.3 is 10.0 Å². The lowest BCUT2D eigenvalue weighted by atomic mass is 9.83. The Morgan fingerprint density at radius 2 is 1.75 bits per heavy atom. The van der Waals surface area contributed by atoms with Gasteiger partial charge in [-0.15, -0.1) is 0 Å². The van der Waals surface area contributed by atoms with Gasteiger partial charge in [0.2, 0.25) is 6.41 Å². The number of hydrogen-bond donors (Lipinski definition) is 1. The van der Waals surface area contributed by atoms with E-state index in [0.29, 0.717) is 5.92 Å². The molecule has 110 valence electrons. The van der Waals surface area contributed by atoms with Crippen molar-refractivity contribution >= 4 is 12.1 Å². The Kier molecular flexibility index (Phi) is 5.18. The van der Waals surface area contributed by atoms with Crippen molar-refractivity contribution in [3.05, 3.63) is 29.8 Å². The number of hydrogen-bond acceptors (Lipinski definition) is 2. The molecule has 1 aliphatic rings. The van der Waals surface area contributed by atoms with Crippen molar-refractivity contribution < 1.29 is 9.90 Å². The first-order valence-corrected chi connectivity index (χ1v) is 7.65. The van der Waals surface area contributed by atoms with Crippen LogP contribution in [0.1, 0.15) is 57.6 Å². The summed E-state index contributed by atoms with van der Waals surface area (Å²) in [5, 5.41) is 10.5. The van der Waals surface area contributed by atoms with Crippen LogP contribution in [0, 0.1) is 5.92 Å². The molecule has 1 aliphatic carbocycles. The van der Waals surface area contributed by atoms with E-state index in [4.69, 9.17) is 0 Å². The Bertz CT molecular complexity index is 421. The highest BCUT2D eigenvalue weighted by atomic mass is 16.3. The first kappa shape index (κ1) is 15.0. The third kappa shape index (κ3) is 3.40. The van der Waals surface area contributed by atoms with Gasteiger partial charge in [0.15, 0.2) is 0 Å². The Balaban J connectivity index is 2.08. The Labute approximate surface area is 121 Å². The molecule has 1 fully saturated rings. The SMILES string of the molecule is CC(C)N(C=O)c1ccc(C(O)C2CCCCC2)cc1. The van der Waals surface area contributed by atoms with Crippen LogP contribution in [-0.4, -0.2) is 17.6 Å². The lowest BCUT2D eigenvalue weighted by Crippen LogP contribution is -2.28. The van der Waals surface area contributed by atoms with Crippen LogP contribution in [0.2, 0.25) is 0 Å². The highest BCUT2D eigenvalue weighted by molar-refractivity contribution is 5.75. The van der Waals surface area contributed by atoms with Crippen molar-refractivity contribution in [2.75, 3.05) is 4.90 Å². The van der Waals surface area contributed by atoms with Crippen molar-refractivity contribution in [3.63, 3.8) is 0 Å². The van der Waals surface area contributed by atoms with Gasteiger partial charge in [0, 0.05) is 11.7 Å². The van der Waals surface area contributed by atoms with Crippen molar-refractivity contribution in [3.8, 4) is 0 Å². The number of nitrogens with zero attached hydrogens (tertiary/aromatic N) is 1. The minimum absolute atomic E-state index is 0.140. The average Bonchev–Trinajstić information content (AvgIpc) is 2.48. The van der Waals surface area contributed by atoms with E-state index >= 15 is 0 Å².